The van der Waals surface area contributed by atoms with Gasteiger partial charge in [-0.25, -0.2) is 9.59 Å². The zero-order valence-corrected chi connectivity index (χ0v) is 16.3. The molecule has 0 unspecified atom stereocenters. The number of nitrogens with one attached hydrogen (secondary N) is 1. The highest BCUT2D eigenvalue weighted by Crippen LogP contribution is 2.30. The second-order valence-electron chi connectivity index (χ2n) is 6.28. The number of amides is 1. The average Bonchev–Trinajstić information content (AvgIpc) is 2.73. The largest absolute Gasteiger partial charge is 0.494 e. The lowest BCUT2D eigenvalue weighted by molar-refractivity contribution is -0.136. The first-order valence-electron chi connectivity index (χ1n) is 9.27. The maximum absolute atomic E-state index is 12.5. The van der Waals surface area contributed by atoms with Crippen molar-refractivity contribution >= 4 is 23.0 Å². The molecule has 1 atom stereocenters. The molecule has 1 N–H and O–H groups in total. The van der Waals surface area contributed by atoms with Gasteiger partial charge in [0, 0.05) is 17.6 Å². The Morgan fingerprint density at radius 1 is 1.10 bits per heavy atom. The summed E-state index contributed by atoms with van der Waals surface area (Å²) in [7, 11) is 0. The predicted molar refractivity (Wildman–Crippen MR) is 108 cm³/mol. The van der Waals surface area contributed by atoms with Gasteiger partial charge in [0.2, 0.25) is 0 Å². The van der Waals surface area contributed by atoms with E-state index in [1.807, 2.05) is 49.4 Å². The molecule has 0 radical (unpaired) electrons. The van der Waals surface area contributed by atoms with Crippen molar-refractivity contribution < 1.29 is 23.8 Å². The van der Waals surface area contributed by atoms with Crippen molar-refractivity contribution in [1.29, 1.82) is 0 Å². The highest BCUT2D eigenvalue weighted by Gasteiger charge is 2.20. The minimum absolute atomic E-state index is 0.111. The number of pyridine rings is 1. The molecule has 0 spiro atoms. The van der Waals surface area contributed by atoms with Crippen LogP contribution in [-0.4, -0.2) is 29.7 Å². The summed E-state index contributed by atoms with van der Waals surface area (Å²) >= 11 is 0. The standard InChI is InChI=1S/C22H22N2O5/c1-3-27-18-12-17-10-7-11-23-20(17)19(13-18)29-21(25)15(2)24-22(26)28-14-16-8-5-4-6-9-16/h4-13,15H,3,14H2,1-2H3,(H,24,26)/t15-/m0/s1. The zero-order valence-electron chi connectivity index (χ0n) is 16.3. The lowest BCUT2D eigenvalue weighted by atomic mass is 10.2. The number of nitrogens with zero attached hydrogens (tertiary/aromatic N) is 1. The first-order valence-corrected chi connectivity index (χ1v) is 9.27. The molecule has 150 valence electrons. The van der Waals surface area contributed by atoms with Gasteiger partial charge < -0.3 is 19.5 Å². The van der Waals surface area contributed by atoms with E-state index in [1.54, 1.807) is 18.3 Å². The van der Waals surface area contributed by atoms with Crippen molar-refractivity contribution in [3.8, 4) is 11.5 Å². The van der Waals surface area contributed by atoms with Crippen LogP contribution in [0, 0.1) is 0 Å². The molecule has 29 heavy (non-hydrogen) atoms. The Balaban J connectivity index is 1.64. The highest BCUT2D eigenvalue weighted by atomic mass is 16.6. The molecule has 0 saturated heterocycles. The van der Waals surface area contributed by atoms with Gasteiger partial charge in [0.1, 0.15) is 23.9 Å². The van der Waals surface area contributed by atoms with Gasteiger partial charge in [-0.3, -0.25) is 4.98 Å². The fourth-order valence-electron chi connectivity index (χ4n) is 2.66. The highest BCUT2D eigenvalue weighted by molar-refractivity contribution is 5.90. The summed E-state index contributed by atoms with van der Waals surface area (Å²) in [6.07, 6.45) is 0.909. The number of benzene rings is 2. The van der Waals surface area contributed by atoms with Gasteiger partial charge in [-0.05, 0) is 31.5 Å². The van der Waals surface area contributed by atoms with Crippen molar-refractivity contribution in [1.82, 2.24) is 10.3 Å². The van der Waals surface area contributed by atoms with Crippen molar-refractivity contribution in [2.45, 2.75) is 26.5 Å². The molecule has 1 aromatic heterocycles. The molecule has 7 heteroatoms. The van der Waals surface area contributed by atoms with E-state index in [1.165, 1.54) is 6.92 Å². The summed E-state index contributed by atoms with van der Waals surface area (Å²) in [5.41, 5.74) is 1.38. The Morgan fingerprint density at radius 3 is 2.66 bits per heavy atom. The third-order valence-electron chi connectivity index (χ3n) is 4.07. The summed E-state index contributed by atoms with van der Waals surface area (Å²) in [4.78, 5) is 28.7. The third-order valence-corrected chi connectivity index (χ3v) is 4.07. The van der Waals surface area contributed by atoms with Crippen molar-refractivity contribution in [3.05, 3.63) is 66.4 Å². The van der Waals surface area contributed by atoms with Crippen LogP contribution >= 0.6 is 0 Å². The molecule has 3 aromatic rings. The van der Waals surface area contributed by atoms with Crippen molar-refractivity contribution in [2.75, 3.05) is 6.61 Å². The van der Waals surface area contributed by atoms with Gasteiger partial charge in [0.15, 0.2) is 5.75 Å². The zero-order chi connectivity index (χ0) is 20.6. The van der Waals surface area contributed by atoms with E-state index in [2.05, 4.69) is 10.3 Å². The Morgan fingerprint density at radius 2 is 1.90 bits per heavy atom. The van der Waals surface area contributed by atoms with Crippen molar-refractivity contribution in [3.63, 3.8) is 0 Å². The van der Waals surface area contributed by atoms with Crippen LogP contribution in [0.1, 0.15) is 19.4 Å². The number of aromatic nitrogens is 1. The molecular weight excluding hydrogens is 372 g/mol. The second kappa shape index (κ2) is 9.54. The molecule has 0 fully saturated rings. The van der Waals surface area contributed by atoms with E-state index >= 15 is 0 Å². The number of ether oxygens (including phenoxy) is 3. The molecular formula is C22H22N2O5. The molecule has 2 aromatic carbocycles. The quantitative estimate of drug-likeness (QED) is 0.484. The Hall–Kier alpha value is -3.61. The van der Waals surface area contributed by atoms with Crippen LogP contribution in [0.4, 0.5) is 4.79 Å². The van der Waals surface area contributed by atoms with Crippen LogP contribution < -0.4 is 14.8 Å². The smallest absolute Gasteiger partial charge is 0.408 e. The van der Waals surface area contributed by atoms with Gasteiger partial charge in [0.05, 0.1) is 6.61 Å². The number of rotatable bonds is 7. The number of fused-ring (bicyclic) bond motifs is 1. The molecule has 0 bridgehead atoms. The number of hydrogen-bond acceptors (Lipinski definition) is 6. The van der Waals surface area contributed by atoms with Crippen molar-refractivity contribution in [2.24, 2.45) is 0 Å². The minimum atomic E-state index is -0.909. The number of carbonyl (C=O) groups excluding carboxylic acids is 2. The molecule has 7 nitrogen and oxygen atoms in total. The van der Waals surface area contributed by atoms with E-state index in [-0.39, 0.29) is 12.4 Å². The van der Waals surface area contributed by atoms with Gasteiger partial charge in [0.25, 0.3) is 0 Å². The Kier molecular flexibility index (Phi) is 6.63. The summed E-state index contributed by atoms with van der Waals surface area (Å²) in [5.74, 6) is 0.198. The summed E-state index contributed by atoms with van der Waals surface area (Å²) in [5, 5.41) is 3.25. The lowest BCUT2D eigenvalue weighted by Gasteiger charge is -2.15. The average molecular weight is 394 g/mol. The molecule has 0 aliphatic heterocycles. The summed E-state index contributed by atoms with van der Waals surface area (Å²) < 4.78 is 16.1. The van der Waals surface area contributed by atoms with E-state index in [0.29, 0.717) is 17.9 Å². The van der Waals surface area contributed by atoms with Gasteiger partial charge >= 0.3 is 12.1 Å². The van der Waals surface area contributed by atoms with E-state index in [9.17, 15) is 9.59 Å². The first kappa shape index (κ1) is 20.1. The molecule has 3 rings (SSSR count). The fourth-order valence-corrected chi connectivity index (χ4v) is 2.66. The molecule has 0 aliphatic rings. The van der Waals surface area contributed by atoms with Crippen LogP contribution in [0.25, 0.3) is 10.9 Å². The van der Waals surface area contributed by atoms with Crippen LogP contribution in [0.3, 0.4) is 0 Å². The molecule has 0 aliphatic carbocycles. The fraction of sp³-hybridized carbons (Fsp3) is 0.227. The molecule has 1 amide bonds. The SMILES string of the molecule is CCOc1cc(OC(=O)[C@H](C)NC(=O)OCc2ccccc2)c2ncccc2c1. The minimum Gasteiger partial charge on any atom is -0.494 e. The number of hydrogen-bond donors (Lipinski definition) is 1. The predicted octanol–water partition coefficient (Wildman–Crippen LogP) is 3.85. The number of alkyl carbamates (subject to hydrolysis) is 1. The van der Waals surface area contributed by atoms with Crippen LogP contribution in [0.15, 0.2) is 60.8 Å². The number of carbonyl (C=O) groups is 2. The van der Waals surface area contributed by atoms with E-state index < -0.39 is 18.1 Å². The van der Waals surface area contributed by atoms with E-state index in [0.717, 1.165) is 10.9 Å². The lowest BCUT2D eigenvalue weighted by Crippen LogP contribution is -2.41. The molecule has 1 heterocycles. The first-order chi connectivity index (χ1) is 14.1. The summed E-state index contributed by atoms with van der Waals surface area (Å²) in [6.45, 7) is 3.98. The number of esters is 1. The second-order valence-corrected chi connectivity index (χ2v) is 6.28. The normalized spacial score (nSPS) is 11.5. The van der Waals surface area contributed by atoms with Crippen LogP contribution in [0.5, 0.6) is 11.5 Å². The molecule has 0 saturated carbocycles. The van der Waals surface area contributed by atoms with Gasteiger partial charge in [-0.1, -0.05) is 36.4 Å². The summed E-state index contributed by atoms with van der Waals surface area (Å²) in [6, 6.07) is 15.4. The van der Waals surface area contributed by atoms with Crippen LogP contribution in [-0.2, 0) is 16.1 Å². The third kappa shape index (κ3) is 5.44. The maximum Gasteiger partial charge on any atom is 0.408 e. The van der Waals surface area contributed by atoms with Crippen LogP contribution in [0.2, 0.25) is 0 Å². The van der Waals surface area contributed by atoms with E-state index in [4.69, 9.17) is 14.2 Å². The van der Waals surface area contributed by atoms with Gasteiger partial charge in [-0.2, -0.15) is 0 Å². The monoisotopic (exact) mass is 394 g/mol. The maximum atomic E-state index is 12.5. The van der Waals surface area contributed by atoms with Gasteiger partial charge in [-0.15, -0.1) is 0 Å². The Labute approximate surface area is 168 Å². The topological polar surface area (TPSA) is 86.8 Å². The Bertz CT molecular complexity index is 991.